The van der Waals surface area contributed by atoms with Crippen LogP contribution in [0.15, 0.2) is 34.1 Å². The van der Waals surface area contributed by atoms with Gasteiger partial charge in [0.2, 0.25) is 0 Å². The summed E-state index contributed by atoms with van der Waals surface area (Å²) >= 11 is 4.99. The quantitative estimate of drug-likeness (QED) is 0.851. The summed E-state index contributed by atoms with van der Waals surface area (Å²) in [5.41, 5.74) is 0.603. The van der Waals surface area contributed by atoms with Crippen LogP contribution in [0.25, 0.3) is 0 Å². The number of carbonyl (C=O) groups excluding carboxylic acids is 1. The number of benzene rings is 1. The number of carbonyl (C=O) groups is 1. The van der Waals surface area contributed by atoms with E-state index in [1.54, 1.807) is 17.4 Å². The average molecular weight is 344 g/mol. The smallest absolute Gasteiger partial charge is 0.340 e. The minimum Gasteiger partial charge on any atom is -0.465 e. The van der Waals surface area contributed by atoms with Crippen molar-refractivity contribution in [3.63, 3.8) is 0 Å². The summed E-state index contributed by atoms with van der Waals surface area (Å²) in [6, 6.07) is 6.29. The molecular formula is C13H11BrFNO2S. The molecule has 0 spiro atoms. The number of halogens is 2. The monoisotopic (exact) mass is 343 g/mol. The molecular weight excluding hydrogens is 333 g/mol. The van der Waals surface area contributed by atoms with Crippen LogP contribution in [0, 0.1) is 5.82 Å². The maximum atomic E-state index is 13.4. The number of esters is 1. The van der Waals surface area contributed by atoms with Crippen LogP contribution in [-0.2, 0) is 11.3 Å². The number of hydrogen-bond donors (Lipinski definition) is 1. The molecule has 0 unspecified atom stereocenters. The summed E-state index contributed by atoms with van der Waals surface area (Å²) < 4.78 is 19.0. The van der Waals surface area contributed by atoms with Crippen molar-refractivity contribution in [3.05, 3.63) is 50.4 Å². The van der Waals surface area contributed by atoms with E-state index in [9.17, 15) is 9.18 Å². The predicted octanol–water partition coefficient (Wildman–Crippen LogP) is 4.05. The van der Waals surface area contributed by atoms with Crippen LogP contribution in [-0.4, -0.2) is 13.1 Å². The lowest BCUT2D eigenvalue weighted by Crippen LogP contribution is -2.06. The van der Waals surface area contributed by atoms with Crippen molar-refractivity contribution >= 4 is 38.9 Å². The number of ether oxygens (including phenoxy) is 1. The molecule has 1 heterocycles. The summed E-state index contributed by atoms with van der Waals surface area (Å²) in [5, 5.41) is 5.12. The highest BCUT2D eigenvalue weighted by molar-refractivity contribution is 9.10. The summed E-state index contributed by atoms with van der Waals surface area (Å²) in [5.74, 6) is -1.27. The molecule has 19 heavy (non-hydrogen) atoms. The highest BCUT2D eigenvalue weighted by Gasteiger charge is 2.12. The molecule has 1 aromatic carbocycles. The van der Waals surface area contributed by atoms with E-state index in [2.05, 4.69) is 26.0 Å². The minimum absolute atomic E-state index is 0.0696. The minimum atomic E-state index is -0.681. The van der Waals surface area contributed by atoms with Gasteiger partial charge in [-0.2, -0.15) is 0 Å². The van der Waals surface area contributed by atoms with E-state index in [0.29, 0.717) is 12.2 Å². The van der Waals surface area contributed by atoms with Crippen LogP contribution in [0.1, 0.15) is 15.2 Å². The van der Waals surface area contributed by atoms with Gasteiger partial charge in [0, 0.05) is 27.0 Å². The molecule has 0 amide bonds. The van der Waals surface area contributed by atoms with E-state index >= 15 is 0 Å². The Morgan fingerprint density at radius 1 is 1.47 bits per heavy atom. The van der Waals surface area contributed by atoms with Crippen molar-refractivity contribution in [2.75, 3.05) is 12.4 Å². The third-order valence-corrected chi connectivity index (χ3v) is 4.16. The summed E-state index contributed by atoms with van der Waals surface area (Å²) in [6.07, 6.45) is 0. The average Bonchev–Trinajstić information content (AvgIpc) is 2.83. The molecule has 0 fully saturated rings. The Balaban J connectivity index is 2.10. The number of rotatable bonds is 4. The second kappa shape index (κ2) is 6.16. The van der Waals surface area contributed by atoms with Gasteiger partial charge < -0.3 is 10.1 Å². The molecule has 0 radical (unpaired) electrons. The van der Waals surface area contributed by atoms with Gasteiger partial charge in [-0.05, 0) is 40.2 Å². The first-order valence-corrected chi connectivity index (χ1v) is 7.12. The normalized spacial score (nSPS) is 10.3. The van der Waals surface area contributed by atoms with Crippen molar-refractivity contribution in [1.82, 2.24) is 0 Å². The fourth-order valence-electron chi connectivity index (χ4n) is 1.54. The van der Waals surface area contributed by atoms with E-state index in [-0.39, 0.29) is 5.56 Å². The van der Waals surface area contributed by atoms with Crippen molar-refractivity contribution in [1.29, 1.82) is 0 Å². The topological polar surface area (TPSA) is 38.3 Å². The van der Waals surface area contributed by atoms with E-state index in [0.717, 1.165) is 9.35 Å². The summed E-state index contributed by atoms with van der Waals surface area (Å²) in [4.78, 5) is 12.5. The lowest BCUT2D eigenvalue weighted by atomic mass is 10.2. The van der Waals surface area contributed by atoms with E-state index in [4.69, 9.17) is 0 Å². The fraction of sp³-hybridized carbons (Fsp3) is 0.154. The Hall–Kier alpha value is -1.40. The van der Waals surface area contributed by atoms with Gasteiger partial charge in [0.15, 0.2) is 0 Å². The molecule has 0 saturated heterocycles. The third kappa shape index (κ3) is 3.54. The standard InChI is InChI=1S/C13H11BrFNO2S/c1-18-13(17)11-5-9(2-3-12(11)15)16-6-10-4-8(14)7-19-10/h2-5,7,16H,6H2,1H3. The second-order valence-corrected chi connectivity index (χ2v) is 5.68. The SMILES string of the molecule is COC(=O)c1cc(NCc2cc(Br)cs2)ccc1F. The summed E-state index contributed by atoms with van der Waals surface area (Å²) in [7, 11) is 1.23. The molecule has 0 aliphatic carbocycles. The molecule has 0 saturated carbocycles. The first-order valence-electron chi connectivity index (χ1n) is 5.45. The molecule has 6 heteroatoms. The largest absolute Gasteiger partial charge is 0.465 e. The molecule has 0 aliphatic rings. The van der Waals surface area contributed by atoms with Gasteiger partial charge in [-0.1, -0.05) is 0 Å². The maximum absolute atomic E-state index is 13.4. The number of nitrogens with one attached hydrogen (secondary N) is 1. The van der Waals surface area contributed by atoms with Crippen LogP contribution >= 0.6 is 27.3 Å². The Labute approximate surface area is 122 Å². The lowest BCUT2D eigenvalue weighted by Gasteiger charge is -2.07. The van der Waals surface area contributed by atoms with Gasteiger partial charge in [-0.3, -0.25) is 0 Å². The van der Waals surface area contributed by atoms with Crippen molar-refractivity contribution in [3.8, 4) is 0 Å². The highest BCUT2D eigenvalue weighted by Crippen LogP contribution is 2.22. The number of anilines is 1. The summed E-state index contributed by atoms with van der Waals surface area (Å²) in [6.45, 7) is 0.614. The Kier molecular flexibility index (Phi) is 4.55. The van der Waals surface area contributed by atoms with Gasteiger partial charge in [-0.25, -0.2) is 9.18 Å². The van der Waals surface area contributed by atoms with Crippen molar-refractivity contribution < 1.29 is 13.9 Å². The van der Waals surface area contributed by atoms with Gasteiger partial charge in [0.25, 0.3) is 0 Å². The van der Waals surface area contributed by atoms with E-state index in [1.165, 1.54) is 19.2 Å². The van der Waals surface area contributed by atoms with Gasteiger partial charge in [0.1, 0.15) is 5.82 Å². The molecule has 1 aromatic heterocycles. The van der Waals surface area contributed by atoms with Gasteiger partial charge in [-0.15, -0.1) is 11.3 Å². The number of hydrogen-bond acceptors (Lipinski definition) is 4. The molecule has 100 valence electrons. The van der Waals surface area contributed by atoms with Crippen LogP contribution < -0.4 is 5.32 Å². The molecule has 0 bridgehead atoms. The van der Waals surface area contributed by atoms with Crippen LogP contribution in [0.4, 0.5) is 10.1 Å². The zero-order valence-corrected chi connectivity index (χ0v) is 12.5. The van der Waals surface area contributed by atoms with Crippen LogP contribution in [0.2, 0.25) is 0 Å². The molecule has 3 nitrogen and oxygen atoms in total. The van der Waals surface area contributed by atoms with Crippen molar-refractivity contribution in [2.24, 2.45) is 0 Å². The molecule has 0 aliphatic heterocycles. The Morgan fingerprint density at radius 2 is 2.26 bits per heavy atom. The zero-order valence-electron chi connectivity index (χ0n) is 10.1. The zero-order chi connectivity index (χ0) is 13.8. The maximum Gasteiger partial charge on any atom is 0.340 e. The molecule has 0 atom stereocenters. The van der Waals surface area contributed by atoms with Crippen LogP contribution in [0.5, 0.6) is 0 Å². The van der Waals surface area contributed by atoms with E-state index < -0.39 is 11.8 Å². The molecule has 1 N–H and O–H groups in total. The fourth-order valence-corrected chi connectivity index (χ4v) is 2.93. The predicted molar refractivity (Wildman–Crippen MR) is 77.1 cm³/mol. The first kappa shape index (κ1) is 14.0. The first-order chi connectivity index (χ1) is 9.10. The van der Waals surface area contributed by atoms with Gasteiger partial charge >= 0.3 is 5.97 Å². The number of methoxy groups -OCH3 is 1. The van der Waals surface area contributed by atoms with Crippen LogP contribution in [0.3, 0.4) is 0 Å². The highest BCUT2D eigenvalue weighted by atomic mass is 79.9. The van der Waals surface area contributed by atoms with E-state index in [1.807, 2.05) is 11.4 Å². The Bertz CT molecular complexity index is 600. The third-order valence-electron chi connectivity index (χ3n) is 2.46. The Morgan fingerprint density at radius 3 is 2.89 bits per heavy atom. The molecule has 2 aromatic rings. The lowest BCUT2D eigenvalue weighted by molar-refractivity contribution is 0.0595. The molecule has 2 rings (SSSR count). The second-order valence-electron chi connectivity index (χ2n) is 3.77. The number of thiophene rings is 1. The van der Waals surface area contributed by atoms with Gasteiger partial charge in [0.05, 0.1) is 12.7 Å². The van der Waals surface area contributed by atoms with Crippen molar-refractivity contribution in [2.45, 2.75) is 6.54 Å².